The SMILES string of the molecule is N#CCOc1cccc(CNC(=O)CCSc2ccc(Br)cc2)c1. The Morgan fingerprint density at radius 2 is 2.04 bits per heavy atom. The Morgan fingerprint density at radius 3 is 2.79 bits per heavy atom. The second-order valence-corrected chi connectivity index (χ2v) is 7.01. The zero-order valence-corrected chi connectivity index (χ0v) is 15.4. The van der Waals surface area contributed by atoms with Crippen molar-refractivity contribution in [3.8, 4) is 11.8 Å². The van der Waals surface area contributed by atoms with Gasteiger partial charge in [-0.3, -0.25) is 4.79 Å². The molecule has 2 rings (SSSR count). The molecule has 0 atom stereocenters. The molecule has 0 aliphatic carbocycles. The molecule has 0 spiro atoms. The Bertz CT molecular complexity index is 714. The van der Waals surface area contributed by atoms with E-state index in [1.165, 1.54) is 0 Å². The minimum atomic E-state index is 0.0166. The third-order valence-corrected chi connectivity index (χ3v) is 4.65. The van der Waals surface area contributed by atoms with E-state index in [1.54, 1.807) is 17.8 Å². The van der Waals surface area contributed by atoms with Gasteiger partial charge in [-0.15, -0.1) is 11.8 Å². The minimum Gasteiger partial charge on any atom is -0.479 e. The van der Waals surface area contributed by atoms with Crippen molar-refractivity contribution in [2.75, 3.05) is 12.4 Å². The summed E-state index contributed by atoms with van der Waals surface area (Å²) in [7, 11) is 0. The molecule has 6 heteroatoms. The third-order valence-electron chi connectivity index (χ3n) is 3.10. The van der Waals surface area contributed by atoms with Crippen LogP contribution < -0.4 is 10.1 Å². The summed E-state index contributed by atoms with van der Waals surface area (Å²) < 4.78 is 6.29. The normalized spacial score (nSPS) is 10.0. The Morgan fingerprint density at radius 1 is 1.25 bits per heavy atom. The summed E-state index contributed by atoms with van der Waals surface area (Å²) >= 11 is 5.06. The second kappa shape index (κ2) is 10.0. The van der Waals surface area contributed by atoms with Gasteiger partial charge < -0.3 is 10.1 Å². The number of ether oxygens (including phenoxy) is 1. The summed E-state index contributed by atoms with van der Waals surface area (Å²) in [6.45, 7) is 0.467. The molecule has 124 valence electrons. The van der Waals surface area contributed by atoms with Crippen LogP contribution >= 0.6 is 27.7 Å². The van der Waals surface area contributed by atoms with E-state index in [9.17, 15) is 4.79 Å². The summed E-state index contributed by atoms with van der Waals surface area (Å²) in [5.41, 5.74) is 0.944. The first-order valence-corrected chi connectivity index (χ1v) is 9.19. The van der Waals surface area contributed by atoms with Gasteiger partial charge in [-0.05, 0) is 42.0 Å². The zero-order valence-electron chi connectivity index (χ0n) is 13.0. The highest BCUT2D eigenvalue weighted by Gasteiger charge is 2.03. The van der Waals surface area contributed by atoms with Gasteiger partial charge in [0.2, 0.25) is 5.91 Å². The van der Waals surface area contributed by atoms with Crippen LogP contribution in [0.1, 0.15) is 12.0 Å². The third kappa shape index (κ3) is 6.65. The van der Waals surface area contributed by atoms with Crippen molar-refractivity contribution in [3.05, 3.63) is 58.6 Å². The smallest absolute Gasteiger partial charge is 0.221 e. The maximum Gasteiger partial charge on any atom is 0.221 e. The lowest BCUT2D eigenvalue weighted by atomic mass is 10.2. The van der Waals surface area contributed by atoms with Gasteiger partial charge in [0.05, 0.1) is 0 Å². The molecule has 0 heterocycles. The van der Waals surface area contributed by atoms with Crippen LogP contribution in [0.5, 0.6) is 5.75 Å². The van der Waals surface area contributed by atoms with Crippen molar-refractivity contribution >= 4 is 33.6 Å². The van der Waals surface area contributed by atoms with Crippen LogP contribution in [0.2, 0.25) is 0 Å². The number of thioether (sulfide) groups is 1. The molecule has 1 amide bonds. The van der Waals surface area contributed by atoms with Crippen molar-refractivity contribution in [2.24, 2.45) is 0 Å². The molecule has 0 saturated heterocycles. The molecular formula is C18H17BrN2O2S. The largest absolute Gasteiger partial charge is 0.479 e. The molecule has 0 saturated carbocycles. The van der Waals surface area contributed by atoms with E-state index in [4.69, 9.17) is 10.00 Å². The molecule has 0 unspecified atom stereocenters. The summed E-state index contributed by atoms with van der Waals surface area (Å²) in [6, 6.07) is 17.3. The van der Waals surface area contributed by atoms with E-state index in [-0.39, 0.29) is 12.5 Å². The van der Waals surface area contributed by atoms with Crippen molar-refractivity contribution in [3.63, 3.8) is 0 Å². The molecule has 0 aliphatic rings. The summed E-state index contributed by atoms with van der Waals surface area (Å²) in [5.74, 6) is 1.38. The van der Waals surface area contributed by atoms with Crippen LogP contribution in [0.15, 0.2) is 57.9 Å². The number of nitrogens with zero attached hydrogens (tertiary/aromatic N) is 1. The number of hydrogen-bond donors (Lipinski definition) is 1. The van der Waals surface area contributed by atoms with E-state index < -0.39 is 0 Å². The summed E-state index contributed by atoms with van der Waals surface area (Å²) in [4.78, 5) is 13.1. The van der Waals surface area contributed by atoms with Gasteiger partial charge in [-0.25, -0.2) is 0 Å². The molecule has 0 bridgehead atoms. The highest BCUT2D eigenvalue weighted by Crippen LogP contribution is 2.21. The van der Waals surface area contributed by atoms with Gasteiger partial charge >= 0.3 is 0 Å². The molecule has 24 heavy (non-hydrogen) atoms. The van der Waals surface area contributed by atoms with Gasteiger partial charge in [0.15, 0.2) is 6.61 Å². The molecule has 0 fully saturated rings. The molecule has 0 aliphatic heterocycles. The molecular weight excluding hydrogens is 388 g/mol. The maximum atomic E-state index is 11.9. The van der Waals surface area contributed by atoms with Crippen LogP contribution in [0.4, 0.5) is 0 Å². The number of amides is 1. The predicted octanol–water partition coefficient (Wildman–Crippen LogP) is 4.15. The lowest BCUT2D eigenvalue weighted by Gasteiger charge is -2.07. The van der Waals surface area contributed by atoms with Crippen LogP contribution in [0.25, 0.3) is 0 Å². The van der Waals surface area contributed by atoms with E-state index >= 15 is 0 Å². The van der Waals surface area contributed by atoms with Crippen molar-refractivity contribution < 1.29 is 9.53 Å². The minimum absolute atomic E-state index is 0.0166. The average Bonchev–Trinajstić information content (AvgIpc) is 2.60. The molecule has 0 aromatic heterocycles. The monoisotopic (exact) mass is 404 g/mol. The van der Waals surface area contributed by atoms with E-state index in [0.717, 1.165) is 20.7 Å². The Balaban J connectivity index is 1.71. The number of benzene rings is 2. The van der Waals surface area contributed by atoms with E-state index in [2.05, 4.69) is 21.2 Å². The first-order chi connectivity index (χ1) is 11.7. The number of rotatable bonds is 8. The van der Waals surface area contributed by atoms with Gasteiger partial charge in [0.1, 0.15) is 11.8 Å². The quantitative estimate of drug-likeness (QED) is 0.671. The van der Waals surface area contributed by atoms with Crippen molar-refractivity contribution in [2.45, 2.75) is 17.9 Å². The van der Waals surface area contributed by atoms with Gasteiger partial charge in [-0.1, -0.05) is 28.1 Å². The lowest BCUT2D eigenvalue weighted by molar-refractivity contribution is -0.120. The fourth-order valence-corrected chi connectivity index (χ4v) is 3.06. The Kier molecular flexibility index (Phi) is 7.66. The summed E-state index contributed by atoms with van der Waals surface area (Å²) in [5, 5.41) is 11.4. The highest BCUT2D eigenvalue weighted by molar-refractivity contribution is 9.10. The predicted molar refractivity (Wildman–Crippen MR) is 98.9 cm³/mol. The standard InChI is InChI=1S/C18H17BrN2O2S/c19-15-4-6-17(7-5-15)24-11-8-18(22)21-13-14-2-1-3-16(12-14)23-10-9-20/h1-7,12H,8,10-11,13H2,(H,21,22). The van der Waals surface area contributed by atoms with Gasteiger partial charge in [-0.2, -0.15) is 5.26 Å². The van der Waals surface area contributed by atoms with Crippen molar-refractivity contribution in [1.29, 1.82) is 5.26 Å². The molecule has 0 radical (unpaired) electrons. The van der Waals surface area contributed by atoms with Crippen LogP contribution in [-0.4, -0.2) is 18.3 Å². The molecule has 2 aromatic rings. The number of hydrogen-bond acceptors (Lipinski definition) is 4. The Hall–Kier alpha value is -1.97. The average molecular weight is 405 g/mol. The molecule has 1 N–H and O–H groups in total. The first kappa shape index (κ1) is 18.4. The molecule has 2 aromatic carbocycles. The number of nitrogens with one attached hydrogen (secondary N) is 1. The number of nitriles is 1. The summed E-state index contributed by atoms with van der Waals surface area (Å²) in [6.07, 6.45) is 0.464. The number of halogens is 1. The first-order valence-electron chi connectivity index (χ1n) is 7.41. The Labute approximate surface area is 154 Å². The zero-order chi connectivity index (χ0) is 17.2. The van der Waals surface area contributed by atoms with Crippen LogP contribution in [0, 0.1) is 11.3 Å². The lowest BCUT2D eigenvalue weighted by Crippen LogP contribution is -2.23. The fourth-order valence-electron chi connectivity index (χ4n) is 1.94. The second-order valence-electron chi connectivity index (χ2n) is 4.92. The number of carbonyl (C=O) groups excluding carboxylic acids is 1. The van der Waals surface area contributed by atoms with Crippen LogP contribution in [-0.2, 0) is 11.3 Å². The fraction of sp³-hybridized carbons (Fsp3) is 0.222. The van der Waals surface area contributed by atoms with Crippen LogP contribution in [0.3, 0.4) is 0 Å². The highest BCUT2D eigenvalue weighted by atomic mass is 79.9. The van der Waals surface area contributed by atoms with Crippen molar-refractivity contribution in [1.82, 2.24) is 5.32 Å². The number of carbonyl (C=O) groups is 1. The van der Waals surface area contributed by atoms with E-state index in [0.29, 0.717) is 18.7 Å². The van der Waals surface area contributed by atoms with E-state index in [1.807, 2.05) is 48.5 Å². The van der Waals surface area contributed by atoms with Gasteiger partial charge in [0, 0.05) is 28.1 Å². The van der Waals surface area contributed by atoms with Gasteiger partial charge in [0.25, 0.3) is 0 Å². The topological polar surface area (TPSA) is 62.1 Å². The maximum absolute atomic E-state index is 11.9. The molecule has 4 nitrogen and oxygen atoms in total.